The van der Waals surface area contributed by atoms with Gasteiger partial charge in [0.2, 0.25) is 0 Å². The zero-order valence-corrected chi connectivity index (χ0v) is 20.6. The molecule has 0 saturated carbocycles. The molecule has 0 aliphatic heterocycles. The topological polar surface area (TPSA) is 184 Å². The van der Waals surface area contributed by atoms with Gasteiger partial charge in [-0.1, -0.05) is 0 Å². The van der Waals surface area contributed by atoms with Gasteiger partial charge in [0.1, 0.15) is 0 Å². The van der Waals surface area contributed by atoms with Gasteiger partial charge in [0, 0.05) is 0 Å². The van der Waals surface area contributed by atoms with Crippen molar-refractivity contribution in [1.29, 1.82) is 0 Å². The quantitative estimate of drug-likeness (QED) is 0.310. The Morgan fingerprint density at radius 2 is 0.571 bits per heavy atom. The molecule has 64 valence electrons. The minimum atomic E-state index is -5.61. The maximum atomic E-state index is 8.58. The molecule has 0 rings (SSSR count). The Hall–Kier alpha value is 5.19. The van der Waals surface area contributed by atoms with Crippen LogP contribution >= 0.6 is 0 Å². The van der Waals surface area contributed by atoms with Gasteiger partial charge in [0.05, 0.1) is 0 Å². The van der Waals surface area contributed by atoms with Gasteiger partial charge >= 0.3 is 155 Å². The summed E-state index contributed by atoms with van der Waals surface area (Å²) in [6, 6.07) is 0. The SMILES string of the molecule is [Ba+2].[Ca+2].[Mg+2].[O-][Si]([O-])([O-])[O-].[O-][Si]([O-])([O-])[O-].[Sr+2]. The van der Waals surface area contributed by atoms with E-state index in [0.717, 1.165) is 0 Å². The van der Waals surface area contributed by atoms with Crippen LogP contribution in [0.3, 0.4) is 0 Å². The summed E-state index contributed by atoms with van der Waals surface area (Å²) in [5.41, 5.74) is 0. The van der Waals surface area contributed by atoms with Gasteiger partial charge in [-0.25, -0.2) is 0 Å². The first kappa shape index (κ1) is 36.5. The largest absolute Gasteiger partial charge is 2.00 e. The van der Waals surface area contributed by atoms with E-state index in [9.17, 15) is 0 Å². The van der Waals surface area contributed by atoms with Crippen LogP contribution < -0.4 is 38.4 Å². The van der Waals surface area contributed by atoms with Gasteiger partial charge in [-0.2, -0.15) is 0 Å². The molecule has 14 heteroatoms. The molecule has 0 aromatic heterocycles. The van der Waals surface area contributed by atoms with Crippen LogP contribution in [0.4, 0.5) is 0 Å². The van der Waals surface area contributed by atoms with Gasteiger partial charge < -0.3 is 56.5 Å². The zero-order valence-electron chi connectivity index (χ0n) is 7.09. The molecular formula is BaCaMgO8Si2Sr. The van der Waals surface area contributed by atoms with Crippen LogP contribution in [0.25, 0.3) is 0 Å². The minimum Gasteiger partial charge on any atom is -0.894 e. The Morgan fingerprint density at radius 1 is 0.571 bits per heavy atom. The standard InChI is InChI=1S/Ba.Ca.Mg.2O4Si.Sr/c;;;2*1-5(2,3)4;/q3*+2;2*-4;+2. The van der Waals surface area contributed by atoms with Crippen molar-refractivity contribution in [3.8, 4) is 0 Å². The number of rotatable bonds is 0. The van der Waals surface area contributed by atoms with Crippen molar-refractivity contribution in [2.24, 2.45) is 0 Å². The van der Waals surface area contributed by atoms with Crippen molar-refractivity contribution in [2.45, 2.75) is 0 Å². The fourth-order valence-corrected chi connectivity index (χ4v) is 0. The maximum absolute atomic E-state index is 8.58. The minimum absolute atomic E-state index is 0. The molecule has 0 bridgehead atoms. The molecule has 0 unspecified atom stereocenters. The monoisotopic (exact) mass is 474 g/mol. The summed E-state index contributed by atoms with van der Waals surface area (Å²) < 4.78 is 0. The Morgan fingerprint density at radius 3 is 0.571 bits per heavy atom. The Kier molecular flexibility index (Phi) is 47.4. The summed E-state index contributed by atoms with van der Waals surface area (Å²) in [5, 5.41) is 0. The first-order chi connectivity index (χ1) is 4.00. The summed E-state index contributed by atoms with van der Waals surface area (Å²) in [6.07, 6.45) is 0. The van der Waals surface area contributed by atoms with Crippen LogP contribution in [0.1, 0.15) is 0 Å². The van der Waals surface area contributed by atoms with Crippen molar-refractivity contribution in [3.05, 3.63) is 0 Å². The molecular weight excluding hydrogens is 473 g/mol. The molecule has 0 aliphatic rings. The van der Waals surface area contributed by atoms with Gasteiger partial charge in [-0.05, 0) is 0 Å². The molecule has 0 aliphatic carbocycles. The predicted octanol–water partition coefficient (Wildman–Crippen LogP) is -11.8. The van der Waals surface area contributed by atoms with E-state index in [2.05, 4.69) is 0 Å². The van der Waals surface area contributed by atoms with E-state index in [1.807, 2.05) is 0 Å². The zero-order chi connectivity index (χ0) is 9.00. The Bertz CT molecular complexity index is 70.3. The summed E-state index contributed by atoms with van der Waals surface area (Å²) in [4.78, 5) is 68.6. The molecule has 0 saturated heterocycles. The Balaban J connectivity index is -0.0000000178. The molecule has 14 heavy (non-hydrogen) atoms. The normalized spacial score (nSPS) is 8.57. The molecule has 0 N–H and O–H groups in total. The van der Waals surface area contributed by atoms with Crippen LogP contribution in [0, 0.1) is 0 Å². The van der Waals surface area contributed by atoms with Gasteiger partial charge in [0.15, 0.2) is 0 Å². The average Bonchev–Trinajstić information content (AvgIpc) is 1.12. The third-order valence-electron chi connectivity index (χ3n) is 0. The molecule has 0 amide bonds. The van der Waals surface area contributed by atoms with Crippen LogP contribution in [0.15, 0.2) is 0 Å². The van der Waals surface area contributed by atoms with Crippen LogP contribution in [-0.4, -0.2) is 173 Å². The second-order valence-corrected chi connectivity index (χ2v) is 3.00. The fourth-order valence-electron chi connectivity index (χ4n) is 0. The van der Waals surface area contributed by atoms with Crippen LogP contribution in [0.2, 0.25) is 0 Å². The summed E-state index contributed by atoms with van der Waals surface area (Å²) in [5.74, 6) is 0. The molecule has 0 fully saturated rings. The van der Waals surface area contributed by atoms with Crippen molar-refractivity contribution < 1.29 is 38.4 Å². The third kappa shape index (κ3) is 167. The number of hydrogen-bond acceptors (Lipinski definition) is 8. The third-order valence-corrected chi connectivity index (χ3v) is 0. The molecule has 8 nitrogen and oxygen atoms in total. The van der Waals surface area contributed by atoms with E-state index in [0.29, 0.717) is 0 Å². The average molecular weight is 473 g/mol. The van der Waals surface area contributed by atoms with Crippen molar-refractivity contribution in [3.63, 3.8) is 0 Å². The van der Waals surface area contributed by atoms with E-state index in [4.69, 9.17) is 38.4 Å². The van der Waals surface area contributed by atoms with Gasteiger partial charge in [0.25, 0.3) is 0 Å². The molecule has 0 radical (unpaired) electrons. The van der Waals surface area contributed by atoms with E-state index < -0.39 is 18.1 Å². The van der Waals surface area contributed by atoms with Crippen LogP contribution in [0.5, 0.6) is 0 Å². The molecule has 0 aromatic rings. The second-order valence-electron chi connectivity index (χ2n) is 1.00. The number of hydrogen-bond donors (Lipinski definition) is 0. The first-order valence-corrected chi connectivity index (χ1v) is 4.90. The van der Waals surface area contributed by atoms with Crippen molar-refractivity contribution in [2.75, 3.05) is 0 Å². The van der Waals surface area contributed by atoms with Gasteiger partial charge in [-0.15, -0.1) is 0 Å². The molecule has 0 aromatic carbocycles. The Labute approximate surface area is 206 Å². The van der Waals surface area contributed by atoms with E-state index in [-0.39, 0.29) is 155 Å². The fraction of sp³-hybridized carbons (Fsp3) is 0. The smallest absolute Gasteiger partial charge is 0.894 e. The van der Waals surface area contributed by atoms with Crippen molar-refractivity contribution >= 4 is 173 Å². The predicted molar refractivity (Wildman–Crippen MR) is 34.5 cm³/mol. The van der Waals surface area contributed by atoms with E-state index >= 15 is 0 Å². The van der Waals surface area contributed by atoms with Crippen molar-refractivity contribution in [1.82, 2.24) is 0 Å². The molecule has 0 atom stereocenters. The summed E-state index contributed by atoms with van der Waals surface area (Å²) >= 11 is 0. The second kappa shape index (κ2) is 18.2. The van der Waals surface area contributed by atoms with Gasteiger partial charge in [-0.3, -0.25) is 0 Å². The first-order valence-electron chi connectivity index (χ1n) is 1.63. The van der Waals surface area contributed by atoms with Crippen LogP contribution in [-0.2, 0) is 0 Å². The molecule has 0 heterocycles. The van der Waals surface area contributed by atoms with E-state index in [1.165, 1.54) is 0 Å². The molecule has 0 spiro atoms. The summed E-state index contributed by atoms with van der Waals surface area (Å²) in [7, 11) is -11.2. The maximum Gasteiger partial charge on any atom is 2.00 e. The summed E-state index contributed by atoms with van der Waals surface area (Å²) in [6.45, 7) is 0. The van der Waals surface area contributed by atoms with E-state index in [1.54, 1.807) is 0 Å².